The summed E-state index contributed by atoms with van der Waals surface area (Å²) in [6.45, 7) is 0.325. The SMILES string of the molecule is Fc1cc(Cl)ccc1CCOc1cccc(Cl)n1. The van der Waals surface area contributed by atoms with Gasteiger partial charge in [0.1, 0.15) is 11.0 Å². The fourth-order valence-corrected chi connectivity index (χ4v) is 1.77. The molecule has 94 valence electrons. The van der Waals surface area contributed by atoms with E-state index in [0.717, 1.165) is 0 Å². The van der Waals surface area contributed by atoms with E-state index >= 15 is 0 Å². The summed E-state index contributed by atoms with van der Waals surface area (Å²) in [6.07, 6.45) is 0.442. The predicted molar refractivity (Wildman–Crippen MR) is 69.9 cm³/mol. The lowest BCUT2D eigenvalue weighted by atomic mass is 10.1. The second kappa shape index (κ2) is 6.03. The molecule has 2 rings (SSSR count). The van der Waals surface area contributed by atoms with Crippen molar-refractivity contribution in [1.82, 2.24) is 4.98 Å². The fraction of sp³-hybridized carbons (Fsp3) is 0.154. The summed E-state index contributed by atoms with van der Waals surface area (Å²) in [5.74, 6) is 0.0991. The van der Waals surface area contributed by atoms with Crippen LogP contribution in [0.25, 0.3) is 0 Å². The average molecular weight is 286 g/mol. The van der Waals surface area contributed by atoms with E-state index in [-0.39, 0.29) is 5.82 Å². The van der Waals surface area contributed by atoms with E-state index in [2.05, 4.69) is 4.98 Å². The van der Waals surface area contributed by atoms with Gasteiger partial charge in [-0.2, -0.15) is 0 Å². The van der Waals surface area contributed by atoms with E-state index in [9.17, 15) is 4.39 Å². The van der Waals surface area contributed by atoms with Crippen LogP contribution < -0.4 is 4.74 Å². The van der Waals surface area contributed by atoms with Gasteiger partial charge in [0.15, 0.2) is 0 Å². The van der Waals surface area contributed by atoms with Crippen molar-refractivity contribution in [3.05, 3.63) is 58.0 Å². The van der Waals surface area contributed by atoms with Gasteiger partial charge in [-0.1, -0.05) is 35.3 Å². The highest BCUT2D eigenvalue weighted by Crippen LogP contribution is 2.16. The first-order chi connectivity index (χ1) is 8.65. The monoisotopic (exact) mass is 285 g/mol. The summed E-state index contributed by atoms with van der Waals surface area (Å²) in [5.41, 5.74) is 0.557. The summed E-state index contributed by atoms with van der Waals surface area (Å²) in [5, 5.41) is 0.749. The van der Waals surface area contributed by atoms with Crippen molar-refractivity contribution in [2.45, 2.75) is 6.42 Å². The molecular weight excluding hydrogens is 276 g/mol. The van der Waals surface area contributed by atoms with Gasteiger partial charge in [-0.05, 0) is 23.8 Å². The Bertz CT molecular complexity index is 548. The largest absolute Gasteiger partial charge is 0.477 e. The number of halogens is 3. The Morgan fingerprint density at radius 2 is 2.00 bits per heavy atom. The molecule has 1 aromatic carbocycles. The molecule has 18 heavy (non-hydrogen) atoms. The Labute approximate surface area is 114 Å². The van der Waals surface area contributed by atoms with Gasteiger partial charge in [0, 0.05) is 17.5 Å². The minimum absolute atomic E-state index is 0.325. The molecule has 0 aliphatic heterocycles. The number of aromatic nitrogens is 1. The van der Waals surface area contributed by atoms with Crippen LogP contribution in [0.5, 0.6) is 5.88 Å². The molecule has 0 spiro atoms. The molecule has 0 radical (unpaired) electrons. The van der Waals surface area contributed by atoms with Crippen LogP contribution in [0, 0.1) is 5.82 Å². The number of hydrogen-bond acceptors (Lipinski definition) is 2. The molecule has 1 heterocycles. The standard InChI is InChI=1S/C13H10Cl2FNO/c14-10-5-4-9(11(16)8-10)6-7-18-13-3-1-2-12(15)17-13/h1-5,8H,6-7H2. The lowest BCUT2D eigenvalue weighted by molar-refractivity contribution is 0.308. The minimum Gasteiger partial charge on any atom is -0.477 e. The van der Waals surface area contributed by atoms with Crippen LogP contribution in [0.15, 0.2) is 36.4 Å². The molecule has 0 atom stereocenters. The first-order valence-electron chi connectivity index (χ1n) is 5.34. The smallest absolute Gasteiger partial charge is 0.214 e. The number of ether oxygens (including phenoxy) is 1. The van der Waals surface area contributed by atoms with Crippen LogP contribution in [0.4, 0.5) is 4.39 Å². The Morgan fingerprint density at radius 3 is 2.72 bits per heavy atom. The number of nitrogens with zero attached hydrogens (tertiary/aromatic N) is 1. The summed E-state index contributed by atoms with van der Waals surface area (Å²) < 4.78 is 18.8. The van der Waals surface area contributed by atoms with Gasteiger partial charge in [-0.15, -0.1) is 0 Å². The molecule has 5 heteroatoms. The minimum atomic E-state index is -0.329. The zero-order valence-corrected chi connectivity index (χ0v) is 10.9. The molecule has 1 aromatic heterocycles. The maximum absolute atomic E-state index is 13.5. The molecule has 0 fully saturated rings. The molecule has 0 bridgehead atoms. The number of pyridine rings is 1. The Hall–Kier alpha value is -1.32. The van der Waals surface area contributed by atoms with Gasteiger partial charge >= 0.3 is 0 Å². The number of benzene rings is 1. The maximum atomic E-state index is 13.5. The summed E-state index contributed by atoms with van der Waals surface area (Å²) in [7, 11) is 0. The second-order valence-corrected chi connectivity index (χ2v) is 4.46. The molecule has 0 aliphatic carbocycles. The normalized spacial score (nSPS) is 10.4. The Morgan fingerprint density at radius 1 is 1.17 bits per heavy atom. The van der Waals surface area contributed by atoms with Gasteiger partial charge in [0.25, 0.3) is 0 Å². The van der Waals surface area contributed by atoms with Gasteiger partial charge in [-0.3, -0.25) is 0 Å². The van der Waals surface area contributed by atoms with Gasteiger partial charge in [0.2, 0.25) is 5.88 Å². The zero-order valence-electron chi connectivity index (χ0n) is 9.37. The van der Waals surface area contributed by atoms with E-state index in [1.807, 2.05) is 0 Å². The van der Waals surface area contributed by atoms with Crippen LogP contribution in [0.2, 0.25) is 10.2 Å². The summed E-state index contributed by atoms with van der Waals surface area (Å²) in [6, 6.07) is 9.68. The molecule has 2 nitrogen and oxygen atoms in total. The van der Waals surface area contributed by atoms with Crippen molar-refractivity contribution >= 4 is 23.2 Å². The molecule has 0 unspecified atom stereocenters. The van der Waals surface area contributed by atoms with Crippen molar-refractivity contribution in [2.75, 3.05) is 6.61 Å². The van der Waals surface area contributed by atoms with Crippen LogP contribution in [-0.4, -0.2) is 11.6 Å². The van der Waals surface area contributed by atoms with Crippen LogP contribution >= 0.6 is 23.2 Å². The lowest BCUT2D eigenvalue weighted by Gasteiger charge is -2.06. The summed E-state index contributed by atoms with van der Waals surface area (Å²) in [4.78, 5) is 3.97. The first kappa shape index (κ1) is 13.1. The van der Waals surface area contributed by atoms with E-state index in [0.29, 0.717) is 34.6 Å². The quantitative estimate of drug-likeness (QED) is 0.788. The molecule has 2 aromatic rings. The van der Waals surface area contributed by atoms with Crippen LogP contribution in [0.1, 0.15) is 5.56 Å². The van der Waals surface area contributed by atoms with Gasteiger partial charge in [0.05, 0.1) is 6.61 Å². The fourth-order valence-electron chi connectivity index (χ4n) is 1.46. The topological polar surface area (TPSA) is 22.1 Å². The van der Waals surface area contributed by atoms with E-state index in [1.54, 1.807) is 30.3 Å². The zero-order chi connectivity index (χ0) is 13.0. The first-order valence-corrected chi connectivity index (χ1v) is 6.10. The third kappa shape index (κ3) is 3.59. The maximum Gasteiger partial charge on any atom is 0.214 e. The van der Waals surface area contributed by atoms with E-state index in [4.69, 9.17) is 27.9 Å². The molecule has 0 aliphatic rings. The third-order valence-corrected chi connectivity index (χ3v) is 2.77. The van der Waals surface area contributed by atoms with Gasteiger partial charge < -0.3 is 4.74 Å². The predicted octanol–water partition coefficient (Wildman–Crippen LogP) is 4.15. The highest BCUT2D eigenvalue weighted by Gasteiger charge is 2.03. The van der Waals surface area contributed by atoms with Crippen molar-refractivity contribution in [3.63, 3.8) is 0 Å². The highest BCUT2D eigenvalue weighted by molar-refractivity contribution is 6.30. The van der Waals surface area contributed by atoms with Crippen molar-refractivity contribution in [1.29, 1.82) is 0 Å². The van der Waals surface area contributed by atoms with Gasteiger partial charge in [-0.25, -0.2) is 9.37 Å². The molecule has 0 saturated heterocycles. The third-order valence-electron chi connectivity index (χ3n) is 2.33. The molecule has 0 saturated carbocycles. The number of hydrogen-bond donors (Lipinski definition) is 0. The van der Waals surface area contributed by atoms with Crippen molar-refractivity contribution in [3.8, 4) is 5.88 Å². The van der Waals surface area contributed by atoms with Crippen molar-refractivity contribution < 1.29 is 9.13 Å². The molecule has 0 N–H and O–H groups in total. The van der Waals surface area contributed by atoms with Crippen LogP contribution in [-0.2, 0) is 6.42 Å². The van der Waals surface area contributed by atoms with Crippen LogP contribution in [0.3, 0.4) is 0 Å². The van der Waals surface area contributed by atoms with E-state index in [1.165, 1.54) is 6.07 Å². The highest BCUT2D eigenvalue weighted by atomic mass is 35.5. The van der Waals surface area contributed by atoms with Crippen molar-refractivity contribution in [2.24, 2.45) is 0 Å². The molecular formula is C13H10Cl2FNO. The lowest BCUT2D eigenvalue weighted by Crippen LogP contribution is -2.04. The average Bonchev–Trinajstić information content (AvgIpc) is 2.32. The second-order valence-electron chi connectivity index (χ2n) is 3.63. The summed E-state index contributed by atoms with van der Waals surface area (Å²) >= 11 is 11.4. The Balaban J connectivity index is 1.92. The van der Waals surface area contributed by atoms with E-state index < -0.39 is 0 Å². The Kier molecular flexibility index (Phi) is 4.39. The molecule has 0 amide bonds. The number of rotatable bonds is 4.